The summed E-state index contributed by atoms with van der Waals surface area (Å²) in [6, 6.07) is 10.0. The monoisotopic (exact) mass is 527 g/mol. The van der Waals surface area contributed by atoms with E-state index in [0.29, 0.717) is 29.7 Å². The van der Waals surface area contributed by atoms with E-state index in [2.05, 4.69) is 92.9 Å². The van der Waals surface area contributed by atoms with Crippen molar-refractivity contribution in [2.75, 3.05) is 0 Å². The second-order valence-corrected chi connectivity index (χ2v) is 14.4. The molecule has 1 heteroatoms. The van der Waals surface area contributed by atoms with E-state index in [0.717, 1.165) is 5.92 Å². The van der Waals surface area contributed by atoms with Crippen LogP contribution in [0.1, 0.15) is 95.6 Å². The quantitative estimate of drug-likeness (QED) is 0.358. The van der Waals surface area contributed by atoms with Gasteiger partial charge in [-0.25, -0.2) is 0 Å². The van der Waals surface area contributed by atoms with E-state index in [1.807, 2.05) is 5.57 Å². The molecular formula is C39H45N. The molecule has 1 aliphatic heterocycles. The Morgan fingerprint density at radius 1 is 0.875 bits per heavy atom. The van der Waals surface area contributed by atoms with Crippen molar-refractivity contribution in [3.8, 4) is 0 Å². The fourth-order valence-electron chi connectivity index (χ4n) is 9.98. The summed E-state index contributed by atoms with van der Waals surface area (Å²) >= 11 is 0. The van der Waals surface area contributed by atoms with Gasteiger partial charge in [-0.3, -0.25) is 0 Å². The lowest BCUT2D eigenvalue weighted by Gasteiger charge is -2.46. The summed E-state index contributed by atoms with van der Waals surface area (Å²) in [6.07, 6.45) is 28.9. The van der Waals surface area contributed by atoms with Gasteiger partial charge in [0.15, 0.2) is 0 Å². The standard InChI is InChI=1S/C39H45N/c1-24-21-22-39(2,3)37-34-23-25(19-20-35(34)40-38(24)37)26-17-10-18-33-31-14-7-6-13-29(31)27-11-4-5-12-28(27)30-15-8-9-16-32(30)36(26)33/h4-6,8,10-13,15,18,21,25-26,30,32,34-35,40H,7,9,14,16-17,19-20,22-23H2,1-3H3/t25?,26-,30-,32?,34?,35?/m1/s1. The highest BCUT2D eigenvalue weighted by Crippen LogP contribution is 2.57. The number of benzene rings is 1. The van der Waals surface area contributed by atoms with Crippen LogP contribution in [0.3, 0.4) is 0 Å². The zero-order valence-corrected chi connectivity index (χ0v) is 24.7. The molecule has 1 N–H and O–H groups in total. The van der Waals surface area contributed by atoms with E-state index in [1.165, 1.54) is 80.2 Å². The molecule has 1 heterocycles. The number of hydrogen-bond acceptors (Lipinski definition) is 1. The molecule has 0 aromatic heterocycles. The van der Waals surface area contributed by atoms with Gasteiger partial charge in [0.25, 0.3) is 0 Å². The van der Waals surface area contributed by atoms with Gasteiger partial charge in [0.05, 0.1) is 0 Å². The van der Waals surface area contributed by atoms with Gasteiger partial charge >= 0.3 is 0 Å². The Morgan fingerprint density at radius 3 is 2.67 bits per heavy atom. The van der Waals surface area contributed by atoms with Crippen LogP contribution in [0, 0.1) is 29.1 Å². The molecule has 0 saturated heterocycles. The first-order valence-electron chi connectivity index (χ1n) is 16.3. The smallest absolute Gasteiger partial charge is 0.0370 e. The molecular weight excluding hydrogens is 482 g/mol. The molecule has 6 aliphatic carbocycles. The van der Waals surface area contributed by atoms with Gasteiger partial charge in [0.1, 0.15) is 0 Å². The molecule has 1 aromatic carbocycles. The normalized spacial score (nSPS) is 35.4. The van der Waals surface area contributed by atoms with E-state index in [1.54, 1.807) is 22.3 Å². The van der Waals surface area contributed by atoms with E-state index < -0.39 is 0 Å². The molecule has 0 radical (unpaired) electrons. The van der Waals surface area contributed by atoms with Crippen molar-refractivity contribution in [2.24, 2.45) is 29.1 Å². The lowest BCUT2D eigenvalue weighted by Crippen LogP contribution is -2.39. The Hall–Kier alpha value is -2.80. The van der Waals surface area contributed by atoms with E-state index in [-0.39, 0.29) is 5.41 Å². The minimum atomic E-state index is 0.275. The van der Waals surface area contributed by atoms with Gasteiger partial charge in [-0.1, -0.05) is 86.2 Å². The van der Waals surface area contributed by atoms with Gasteiger partial charge in [-0.2, -0.15) is 0 Å². The average molecular weight is 528 g/mol. The van der Waals surface area contributed by atoms with E-state index in [4.69, 9.17) is 0 Å². The van der Waals surface area contributed by atoms with Crippen LogP contribution in [0.2, 0.25) is 0 Å². The molecule has 0 bridgehead atoms. The Morgan fingerprint density at radius 2 is 1.75 bits per heavy atom. The lowest BCUT2D eigenvalue weighted by molar-refractivity contribution is 0.185. The van der Waals surface area contributed by atoms with Crippen molar-refractivity contribution >= 4 is 5.57 Å². The van der Waals surface area contributed by atoms with Crippen LogP contribution in [0.4, 0.5) is 0 Å². The van der Waals surface area contributed by atoms with Crippen LogP contribution in [0.25, 0.3) is 5.57 Å². The largest absolute Gasteiger partial charge is 0.382 e. The third-order valence-electron chi connectivity index (χ3n) is 11.8. The predicted octanol–water partition coefficient (Wildman–Crippen LogP) is 9.74. The lowest BCUT2D eigenvalue weighted by atomic mass is 9.58. The zero-order chi connectivity index (χ0) is 27.0. The molecule has 1 fully saturated rings. The maximum absolute atomic E-state index is 4.05. The first kappa shape index (κ1) is 25.0. The number of allylic oxidation sites excluding steroid dienone is 12. The van der Waals surface area contributed by atoms with Crippen LogP contribution in [-0.4, -0.2) is 6.04 Å². The number of fused-ring (bicyclic) bond motifs is 8. The summed E-state index contributed by atoms with van der Waals surface area (Å²) in [6.45, 7) is 7.33. The van der Waals surface area contributed by atoms with Gasteiger partial charge < -0.3 is 5.32 Å². The van der Waals surface area contributed by atoms with Gasteiger partial charge in [-0.05, 0) is 127 Å². The first-order valence-corrected chi connectivity index (χ1v) is 16.3. The number of rotatable bonds is 1. The molecule has 8 rings (SSSR count). The van der Waals surface area contributed by atoms with Crippen molar-refractivity contribution < 1.29 is 0 Å². The second kappa shape index (κ2) is 9.37. The summed E-state index contributed by atoms with van der Waals surface area (Å²) < 4.78 is 0. The molecule has 206 valence electrons. The Bertz CT molecular complexity index is 1470. The van der Waals surface area contributed by atoms with E-state index in [9.17, 15) is 0 Å². The summed E-state index contributed by atoms with van der Waals surface area (Å²) in [4.78, 5) is 0. The zero-order valence-electron chi connectivity index (χ0n) is 24.7. The Labute approximate surface area is 241 Å². The van der Waals surface area contributed by atoms with Crippen LogP contribution >= 0.6 is 0 Å². The fraction of sp³-hybridized carbons (Fsp3) is 0.487. The average Bonchev–Trinajstić information content (AvgIpc) is 3.39. The minimum absolute atomic E-state index is 0.275. The van der Waals surface area contributed by atoms with Crippen molar-refractivity contribution in [1.82, 2.24) is 5.32 Å². The molecule has 1 nitrogen and oxygen atoms in total. The predicted molar refractivity (Wildman–Crippen MR) is 168 cm³/mol. The molecule has 0 spiro atoms. The third kappa shape index (κ3) is 3.72. The molecule has 1 saturated carbocycles. The second-order valence-electron chi connectivity index (χ2n) is 14.4. The molecule has 0 amide bonds. The van der Waals surface area contributed by atoms with Gasteiger partial charge in [0.2, 0.25) is 0 Å². The number of nitrogens with one attached hydrogen (secondary N) is 1. The van der Waals surface area contributed by atoms with Crippen LogP contribution in [-0.2, 0) is 0 Å². The van der Waals surface area contributed by atoms with Gasteiger partial charge in [0, 0.05) is 23.6 Å². The van der Waals surface area contributed by atoms with Crippen LogP contribution < -0.4 is 5.32 Å². The topological polar surface area (TPSA) is 12.0 Å². The molecule has 40 heavy (non-hydrogen) atoms. The van der Waals surface area contributed by atoms with E-state index >= 15 is 0 Å². The van der Waals surface area contributed by atoms with Crippen molar-refractivity contribution in [3.05, 3.63) is 111 Å². The Kier molecular flexibility index (Phi) is 5.84. The molecule has 6 atom stereocenters. The highest BCUT2D eigenvalue weighted by atomic mass is 15.0. The van der Waals surface area contributed by atoms with Crippen molar-refractivity contribution in [1.29, 1.82) is 0 Å². The van der Waals surface area contributed by atoms with Crippen molar-refractivity contribution in [3.63, 3.8) is 0 Å². The third-order valence-corrected chi connectivity index (χ3v) is 11.8. The van der Waals surface area contributed by atoms with Crippen LogP contribution in [0.5, 0.6) is 0 Å². The maximum atomic E-state index is 4.05. The minimum Gasteiger partial charge on any atom is -0.382 e. The summed E-state index contributed by atoms with van der Waals surface area (Å²) in [5, 5.41) is 4.05. The van der Waals surface area contributed by atoms with Crippen LogP contribution in [0.15, 0.2) is 100 Å². The molecule has 1 aromatic rings. The molecule has 4 unspecified atom stereocenters. The SMILES string of the molecule is CC1=CCC(C)(C)C2=C1NC1CCC([C@H]3CC=CC4=C3C3CCC=C[C@@H]3c3ccccc3C3=C4CCC=C3)CC21. The fourth-order valence-corrected chi connectivity index (χ4v) is 9.98. The van der Waals surface area contributed by atoms with Gasteiger partial charge in [-0.15, -0.1) is 0 Å². The molecule has 7 aliphatic rings. The first-order chi connectivity index (χ1) is 19.5. The summed E-state index contributed by atoms with van der Waals surface area (Å²) in [5.41, 5.74) is 14.7. The van der Waals surface area contributed by atoms with Crippen molar-refractivity contribution in [2.45, 2.75) is 90.5 Å². The summed E-state index contributed by atoms with van der Waals surface area (Å²) in [5.74, 6) is 3.28. The summed E-state index contributed by atoms with van der Waals surface area (Å²) in [7, 11) is 0. The maximum Gasteiger partial charge on any atom is 0.0370 e. The highest BCUT2D eigenvalue weighted by Gasteiger charge is 2.48. The highest BCUT2D eigenvalue weighted by molar-refractivity contribution is 5.84. The Balaban J connectivity index is 1.24. The number of hydrogen-bond donors (Lipinski definition) is 1.